The average Bonchev–Trinajstić information content (AvgIpc) is 3.08. The van der Waals surface area contributed by atoms with Gasteiger partial charge in [-0.1, -0.05) is 30.3 Å². The van der Waals surface area contributed by atoms with Gasteiger partial charge < -0.3 is 19.5 Å². The normalized spacial score (nSPS) is 18.5. The van der Waals surface area contributed by atoms with Crippen LogP contribution in [-0.4, -0.2) is 47.2 Å². The van der Waals surface area contributed by atoms with Crippen molar-refractivity contribution >= 4 is 11.9 Å². The van der Waals surface area contributed by atoms with Crippen molar-refractivity contribution in [1.82, 2.24) is 4.90 Å². The van der Waals surface area contributed by atoms with E-state index in [1.807, 2.05) is 30.0 Å². The van der Waals surface area contributed by atoms with Crippen molar-refractivity contribution in [2.24, 2.45) is 0 Å². The van der Waals surface area contributed by atoms with Crippen LogP contribution in [0.4, 0.5) is 0 Å². The van der Waals surface area contributed by atoms with E-state index in [1.165, 1.54) is 5.56 Å². The summed E-state index contributed by atoms with van der Waals surface area (Å²) in [6, 6.07) is 15.1. The summed E-state index contributed by atoms with van der Waals surface area (Å²) < 4.78 is 10.9. The molecule has 1 heterocycles. The van der Waals surface area contributed by atoms with Crippen molar-refractivity contribution in [1.29, 1.82) is 0 Å². The summed E-state index contributed by atoms with van der Waals surface area (Å²) in [6.45, 7) is 4.60. The molecule has 0 aliphatic carbocycles. The van der Waals surface area contributed by atoms with Crippen LogP contribution in [0.3, 0.4) is 0 Å². The van der Waals surface area contributed by atoms with Crippen molar-refractivity contribution in [3.8, 4) is 11.5 Å². The van der Waals surface area contributed by atoms with Gasteiger partial charge in [0, 0.05) is 17.6 Å². The predicted molar refractivity (Wildman–Crippen MR) is 110 cm³/mol. The van der Waals surface area contributed by atoms with Gasteiger partial charge in [-0.05, 0) is 56.9 Å². The maximum absolute atomic E-state index is 13.3. The third-order valence-corrected chi connectivity index (χ3v) is 5.26. The third-order valence-electron chi connectivity index (χ3n) is 5.26. The quantitative estimate of drug-likeness (QED) is 0.734. The summed E-state index contributed by atoms with van der Waals surface area (Å²) in [5.74, 6) is -0.421. The van der Waals surface area contributed by atoms with Gasteiger partial charge in [0.05, 0.1) is 6.61 Å². The molecule has 1 unspecified atom stereocenters. The van der Waals surface area contributed by atoms with Crippen LogP contribution in [0.1, 0.15) is 42.6 Å². The van der Waals surface area contributed by atoms with E-state index in [-0.39, 0.29) is 11.4 Å². The molecule has 1 saturated heterocycles. The summed E-state index contributed by atoms with van der Waals surface area (Å²) in [7, 11) is 0. The third kappa shape index (κ3) is 4.88. The molecule has 1 aliphatic heterocycles. The second-order valence-electron chi connectivity index (χ2n) is 7.50. The fraction of sp³-hybridized carbons (Fsp3) is 0.391. The first-order valence-corrected chi connectivity index (χ1v) is 9.90. The number of carboxylic acid groups (broad SMARTS) is 1. The van der Waals surface area contributed by atoms with Crippen molar-refractivity contribution in [3.63, 3.8) is 0 Å². The summed E-state index contributed by atoms with van der Waals surface area (Å²) in [5.41, 5.74) is 1.47. The number of carbonyl (C=O) groups excluding carboxylic acids is 1. The highest BCUT2D eigenvalue weighted by Crippen LogP contribution is 2.35. The number of ether oxygens (including phenoxy) is 2. The average molecular weight is 397 g/mol. The van der Waals surface area contributed by atoms with Gasteiger partial charge in [-0.2, -0.15) is 0 Å². The fourth-order valence-corrected chi connectivity index (χ4v) is 3.91. The molecule has 6 heteroatoms. The number of carbonyl (C=O) groups is 2. The Bertz CT molecular complexity index is 867. The molecule has 3 rings (SSSR count). The van der Waals surface area contributed by atoms with Gasteiger partial charge in [-0.25, -0.2) is 4.79 Å². The SMILES string of the molecule is CCOc1cc(C(=O)N2CCCC2(C)Cc2ccccc2)ccc1OCC(=O)O. The molecule has 0 bridgehead atoms. The van der Waals surface area contributed by atoms with E-state index in [4.69, 9.17) is 14.6 Å². The number of hydrogen-bond donors (Lipinski definition) is 1. The van der Waals surface area contributed by atoms with Crippen LogP contribution in [-0.2, 0) is 11.2 Å². The zero-order valence-corrected chi connectivity index (χ0v) is 16.9. The highest BCUT2D eigenvalue weighted by Gasteiger charge is 2.40. The van der Waals surface area contributed by atoms with Crippen LogP contribution in [0.2, 0.25) is 0 Å². The lowest BCUT2D eigenvalue weighted by atomic mass is 9.89. The Morgan fingerprint density at radius 3 is 2.55 bits per heavy atom. The molecule has 1 amide bonds. The van der Waals surface area contributed by atoms with E-state index in [0.29, 0.717) is 30.2 Å². The Morgan fingerprint density at radius 2 is 1.86 bits per heavy atom. The second-order valence-corrected chi connectivity index (χ2v) is 7.50. The van der Waals surface area contributed by atoms with Gasteiger partial charge in [0.1, 0.15) is 0 Å². The Labute approximate surface area is 171 Å². The minimum absolute atomic E-state index is 0.0494. The summed E-state index contributed by atoms with van der Waals surface area (Å²) in [4.78, 5) is 26.1. The molecule has 6 nitrogen and oxygen atoms in total. The van der Waals surface area contributed by atoms with Crippen molar-refractivity contribution in [2.45, 2.75) is 38.6 Å². The highest BCUT2D eigenvalue weighted by molar-refractivity contribution is 5.95. The number of hydrogen-bond acceptors (Lipinski definition) is 4. The molecule has 2 aromatic rings. The van der Waals surface area contributed by atoms with Crippen molar-refractivity contribution in [3.05, 3.63) is 59.7 Å². The first-order chi connectivity index (χ1) is 13.9. The van der Waals surface area contributed by atoms with Crippen molar-refractivity contribution in [2.75, 3.05) is 19.8 Å². The van der Waals surface area contributed by atoms with Crippen LogP contribution in [0, 0.1) is 0 Å². The molecule has 0 saturated carbocycles. The molecule has 1 atom stereocenters. The Hall–Kier alpha value is -3.02. The van der Waals surface area contributed by atoms with Gasteiger partial charge >= 0.3 is 5.97 Å². The lowest BCUT2D eigenvalue weighted by Crippen LogP contribution is -2.46. The molecule has 1 N–H and O–H groups in total. The first kappa shape index (κ1) is 20.7. The zero-order chi connectivity index (χ0) is 20.9. The molecule has 1 fully saturated rings. The molecule has 29 heavy (non-hydrogen) atoms. The number of amides is 1. The predicted octanol–water partition coefficient (Wildman–Crippen LogP) is 3.79. The molecule has 154 valence electrons. The van der Waals surface area contributed by atoms with Crippen LogP contribution >= 0.6 is 0 Å². The summed E-state index contributed by atoms with van der Waals surface area (Å²) >= 11 is 0. The maximum Gasteiger partial charge on any atom is 0.341 e. The second kappa shape index (κ2) is 8.99. The molecular formula is C23H27NO5. The van der Waals surface area contributed by atoms with Crippen molar-refractivity contribution < 1.29 is 24.2 Å². The zero-order valence-electron chi connectivity index (χ0n) is 16.9. The number of carboxylic acids is 1. The van der Waals surface area contributed by atoms with Crippen LogP contribution in [0.15, 0.2) is 48.5 Å². The standard InChI is InChI=1S/C23H27NO5/c1-3-28-20-14-18(10-11-19(20)29-16-21(25)26)22(27)24-13-7-12-23(24,2)15-17-8-5-4-6-9-17/h4-6,8-11,14H,3,7,12-13,15-16H2,1-2H3,(H,25,26). The molecule has 1 aliphatic rings. The van der Waals surface area contributed by atoms with E-state index in [2.05, 4.69) is 19.1 Å². The van der Waals surface area contributed by atoms with E-state index in [9.17, 15) is 9.59 Å². The molecular weight excluding hydrogens is 370 g/mol. The van der Waals surface area contributed by atoms with Gasteiger partial charge in [0.25, 0.3) is 5.91 Å². The monoisotopic (exact) mass is 397 g/mol. The number of aliphatic carboxylic acids is 1. The summed E-state index contributed by atoms with van der Waals surface area (Å²) in [6.07, 6.45) is 2.72. The summed E-state index contributed by atoms with van der Waals surface area (Å²) in [5, 5.41) is 8.83. The number of rotatable bonds is 8. The number of nitrogens with zero attached hydrogens (tertiary/aromatic N) is 1. The van der Waals surface area contributed by atoms with E-state index in [0.717, 1.165) is 19.3 Å². The lowest BCUT2D eigenvalue weighted by molar-refractivity contribution is -0.139. The smallest absolute Gasteiger partial charge is 0.341 e. The Kier molecular flexibility index (Phi) is 6.42. The largest absolute Gasteiger partial charge is 0.490 e. The van der Waals surface area contributed by atoms with Gasteiger partial charge in [-0.15, -0.1) is 0 Å². The molecule has 0 spiro atoms. The van der Waals surface area contributed by atoms with E-state index >= 15 is 0 Å². The van der Waals surface area contributed by atoms with Crippen LogP contribution in [0.25, 0.3) is 0 Å². The van der Waals surface area contributed by atoms with Gasteiger partial charge in [0.15, 0.2) is 18.1 Å². The van der Waals surface area contributed by atoms with Gasteiger partial charge in [0.2, 0.25) is 0 Å². The first-order valence-electron chi connectivity index (χ1n) is 9.90. The Morgan fingerprint density at radius 1 is 1.10 bits per heavy atom. The van der Waals surface area contributed by atoms with Crippen LogP contribution < -0.4 is 9.47 Å². The molecule has 0 radical (unpaired) electrons. The van der Waals surface area contributed by atoms with Crippen LogP contribution in [0.5, 0.6) is 11.5 Å². The highest BCUT2D eigenvalue weighted by atomic mass is 16.5. The number of likely N-dealkylation sites (tertiary alicyclic amines) is 1. The van der Waals surface area contributed by atoms with E-state index in [1.54, 1.807) is 18.2 Å². The minimum atomic E-state index is -1.07. The van der Waals surface area contributed by atoms with Gasteiger partial charge in [-0.3, -0.25) is 4.79 Å². The fourth-order valence-electron chi connectivity index (χ4n) is 3.91. The maximum atomic E-state index is 13.3. The minimum Gasteiger partial charge on any atom is -0.490 e. The lowest BCUT2D eigenvalue weighted by Gasteiger charge is -2.36. The number of benzene rings is 2. The molecule has 0 aromatic heterocycles. The Balaban J connectivity index is 1.82. The topological polar surface area (TPSA) is 76.1 Å². The molecule has 2 aromatic carbocycles. The van der Waals surface area contributed by atoms with E-state index < -0.39 is 12.6 Å².